The predicted octanol–water partition coefficient (Wildman–Crippen LogP) is 22.5. The van der Waals surface area contributed by atoms with E-state index in [1.54, 1.807) is 24.3 Å². The number of ether oxygens (including phenoxy) is 2. The van der Waals surface area contributed by atoms with Crippen molar-refractivity contribution in [2.24, 2.45) is 0 Å². The van der Waals surface area contributed by atoms with Gasteiger partial charge in [-0.3, -0.25) is 0 Å². The van der Waals surface area contributed by atoms with Gasteiger partial charge in [0.2, 0.25) is 0 Å². The summed E-state index contributed by atoms with van der Waals surface area (Å²) >= 11 is 0. The minimum absolute atomic E-state index is 0.310. The molecule has 0 radical (unpaired) electrons. The predicted molar refractivity (Wildman–Crippen MR) is 364 cm³/mol. The van der Waals surface area contributed by atoms with E-state index in [2.05, 4.69) is 196 Å². The van der Waals surface area contributed by atoms with Crippen LogP contribution in [0.15, 0.2) is 298 Å². The third-order valence-electron chi connectivity index (χ3n) is 19.2. The van der Waals surface area contributed by atoms with Crippen molar-refractivity contribution >= 4 is 40.0 Å². The second-order valence-electron chi connectivity index (χ2n) is 24.3. The maximum absolute atomic E-state index is 15.4. The minimum atomic E-state index is -0.906. The van der Waals surface area contributed by atoms with E-state index in [4.69, 9.17) is 9.47 Å². The van der Waals surface area contributed by atoms with Gasteiger partial charge in [0.1, 0.15) is 34.6 Å². The minimum Gasteiger partial charge on any atom is -0.457 e. The van der Waals surface area contributed by atoms with Gasteiger partial charge >= 0.3 is 0 Å². The molecular formula is C85H59F2NO2. The van der Waals surface area contributed by atoms with Crippen molar-refractivity contribution in [1.29, 1.82) is 0 Å². The van der Waals surface area contributed by atoms with Gasteiger partial charge in [-0.2, -0.15) is 0 Å². The van der Waals surface area contributed by atoms with Gasteiger partial charge < -0.3 is 14.4 Å². The van der Waals surface area contributed by atoms with E-state index in [1.807, 2.05) is 109 Å². The van der Waals surface area contributed by atoms with Gasteiger partial charge in [0, 0.05) is 22.5 Å². The van der Waals surface area contributed by atoms with E-state index >= 15 is 8.78 Å². The molecule has 0 amide bonds. The van der Waals surface area contributed by atoms with Crippen LogP contribution in [0, 0.1) is 11.6 Å². The van der Waals surface area contributed by atoms with Crippen LogP contribution in [0.1, 0.15) is 80.6 Å². The van der Waals surface area contributed by atoms with Crippen molar-refractivity contribution in [1.82, 2.24) is 0 Å². The van der Waals surface area contributed by atoms with Crippen molar-refractivity contribution < 1.29 is 18.3 Å². The Bertz CT molecular complexity index is 4770. The van der Waals surface area contributed by atoms with Crippen LogP contribution in [0.3, 0.4) is 0 Å². The molecule has 0 fully saturated rings. The Morgan fingerprint density at radius 1 is 0.333 bits per heavy atom. The smallest absolute Gasteiger partial charge is 0.127 e. The highest BCUT2D eigenvalue weighted by Gasteiger charge is 2.49. The van der Waals surface area contributed by atoms with E-state index in [1.165, 1.54) is 33.0 Å². The first-order valence-electron chi connectivity index (χ1n) is 30.5. The lowest BCUT2D eigenvalue weighted by molar-refractivity contribution is 0.482. The summed E-state index contributed by atoms with van der Waals surface area (Å²) in [7, 11) is 0. The first-order chi connectivity index (χ1) is 44.0. The lowest BCUT2D eigenvalue weighted by atomic mass is 9.67. The molecule has 430 valence electrons. The Kier molecular flexibility index (Phi) is 12.7. The normalized spacial score (nSPS) is 16.0. The number of fused-ring (bicyclic) bond motifs is 11. The highest BCUT2D eigenvalue weighted by atomic mass is 19.1. The summed E-state index contributed by atoms with van der Waals surface area (Å²) in [5.41, 5.74) is 20.2. The van der Waals surface area contributed by atoms with Crippen LogP contribution < -0.4 is 14.4 Å². The number of hydrogen-bond acceptors (Lipinski definition) is 3. The molecular weight excluding hydrogens is 1100 g/mol. The molecule has 2 atom stereocenters. The van der Waals surface area contributed by atoms with E-state index < -0.39 is 10.8 Å². The van der Waals surface area contributed by atoms with Gasteiger partial charge in [-0.15, -0.1) is 0 Å². The first-order valence-corrected chi connectivity index (χ1v) is 30.5. The van der Waals surface area contributed by atoms with Crippen LogP contribution >= 0.6 is 0 Å². The average molecular weight is 1160 g/mol. The molecule has 0 saturated heterocycles. The number of anilines is 3. The van der Waals surface area contributed by atoms with Crippen LogP contribution in [0.4, 0.5) is 25.8 Å². The lowest BCUT2D eigenvalue weighted by Gasteiger charge is -2.36. The van der Waals surface area contributed by atoms with Crippen LogP contribution in [0.2, 0.25) is 0 Å². The van der Waals surface area contributed by atoms with Crippen molar-refractivity contribution in [3.05, 3.63) is 377 Å². The van der Waals surface area contributed by atoms with Crippen LogP contribution in [-0.4, -0.2) is 0 Å². The summed E-state index contributed by atoms with van der Waals surface area (Å²) in [6.45, 7) is 12.5. The largest absolute Gasteiger partial charge is 0.457 e. The third-order valence-corrected chi connectivity index (χ3v) is 19.2. The second-order valence-corrected chi connectivity index (χ2v) is 24.3. The summed E-state index contributed by atoms with van der Waals surface area (Å²) in [6, 6.07) is 97.9. The standard InChI is InChI=1S/C85H59F2NO2/c1-5-54-19-39-66(40-20-54)89-68-43-28-59(29-44-68)84(57-24-32-61(86)33-25-57)76-17-11-9-15-71(76)73-47-36-64(52-80(73)84)88(63-38-49-75-79(51-63)83(3,4)78-50-23-56-13-7-8-14-70(56)82(75)78)65-37-48-74-72-16-10-12-18-77(72)85(81(74)53-65,58-26-34-62(87)35-27-58)60-30-45-69(46-31-60)90-67-41-21-55(6-2)22-42-67/h5-53H,1-2H2,3-4H3. The Balaban J connectivity index is 0.924. The molecule has 0 N–H and O–H groups in total. The van der Waals surface area contributed by atoms with Gasteiger partial charge in [0.05, 0.1) is 10.8 Å². The van der Waals surface area contributed by atoms with E-state index in [9.17, 15) is 0 Å². The molecule has 13 aromatic carbocycles. The number of nitrogens with zero attached hydrogens (tertiary/aromatic N) is 1. The number of hydrogen-bond donors (Lipinski definition) is 0. The molecule has 16 rings (SSSR count). The van der Waals surface area contributed by atoms with Crippen LogP contribution in [-0.2, 0) is 16.2 Å². The zero-order valence-electron chi connectivity index (χ0n) is 49.7. The fraction of sp³-hybridized carbons (Fsp3) is 0.0588. The summed E-state index contributed by atoms with van der Waals surface area (Å²) in [5, 5.41) is 2.44. The zero-order valence-corrected chi connectivity index (χ0v) is 49.7. The highest BCUT2D eigenvalue weighted by Crippen LogP contribution is 2.61. The van der Waals surface area contributed by atoms with E-state index in [-0.39, 0.29) is 17.0 Å². The van der Waals surface area contributed by atoms with Gasteiger partial charge in [-0.1, -0.05) is 215 Å². The summed E-state index contributed by atoms with van der Waals surface area (Å²) < 4.78 is 43.7. The first kappa shape index (κ1) is 54.3. The molecule has 0 spiro atoms. The molecule has 0 aliphatic heterocycles. The summed E-state index contributed by atoms with van der Waals surface area (Å²) in [5.74, 6) is 2.20. The quantitative estimate of drug-likeness (QED) is 0.115. The Morgan fingerprint density at radius 2 is 0.700 bits per heavy atom. The average Bonchev–Trinajstić information content (AvgIpc) is 1.50. The molecule has 5 heteroatoms. The zero-order chi connectivity index (χ0) is 60.9. The molecule has 0 saturated carbocycles. The van der Waals surface area contributed by atoms with Gasteiger partial charge in [-0.25, -0.2) is 8.78 Å². The maximum atomic E-state index is 15.4. The molecule has 3 aliphatic rings. The third kappa shape index (κ3) is 8.37. The molecule has 0 heterocycles. The van der Waals surface area contributed by atoms with Crippen molar-refractivity contribution in [2.45, 2.75) is 30.1 Å². The molecule has 3 nitrogen and oxygen atoms in total. The highest BCUT2D eigenvalue weighted by molar-refractivity contribution is 6.03. The van der Waals surface area contributed by atoms with Gasteiger partial charge in [0.15, 0.2) is 0 Å². The Hall–Kier alpha value is -11.1. The summed E-state index contributed by atoms with van der Waals surface area (Å²) in [4.78, 5) is 2.41. The molecule has 0 aromatic heterocycles. The lowest BCUT2D eigenvalue weighted by Crippen LogP contribution is -2.29. The molecule has 0 bridgehead atoms. The molecule has 2 unspecified atom stereocenters. The molecule has 13 aromatic rings. The van der Waals surface area contributed by atoms with Crippen molar-refractivity contribution in [2.75, 3.05) is 4.90 Å². The van der Waals surface area contributed by atoms with E-state index in [0.717, 1.165) is 106 Å². The SMILES string of the molecule is C=Cc1ccc(Oc2ccc(C3(c4ccc(F)cc4)c4ccccc4-c4ccc(N(c5ccc6c(c5)C(C)(C)c5ccc7ccccc7c5-6)c5ccc6c(c5)C(c5ccc(F)cc5)(c5ccc(Oc7ccc(C=C)cc7)cc5)c5ccccc5-6)cc43)cc2)cc1. The van der Waals surface area contributed by atoms with Gasteiger partial charge in [-0.05, 0) is 220 Å². The monoisotopic (exact) mass is 1160 g/mol. The van der Waals surface area contributed by atoms with E-state index in [0.29, 0.717) is 11.5 Å². The number of rotatable bonds is 13. The second kappa shape index (κ2) is 21.0. The fourth-order valence-electron chi connectivity index (χ4n) is 15.0. The van der Waals surface area contributed by atoms with Gasteiger partial charge in [0.25, 0.3) is 0 Å². The Morgan fingerprint density at radius 3 is 1.14 bits per heavy atom. The molecule has 3 aliphatic carbocycles. The van der Waals surface area contributed by atoms with Crippen molar-refractivity contribution in [3.63, 3.8) is 0 Å². The summed E-state index contributed by atoms with van der Waals surface area (Å²) in [6.07, 6.45) is 3.63. The maximum Gasteiger partial charge on any atom is 0.127 e. The molecule has 90 heavy (non-hydrogen) atoms. The van der Waals surface area contributed by atoms with Crippen LogP contribution in [0.5, 0.6) is 23.0 Å². The number of halogens is 2. The van der Waals surface area contributed by atoms with Crippen molar-refractivity contribution in [3.8, 4) is 56.4 Å². The number of benzene rings is 13. The fourth-order valence-corrected chi connectivity index (χ4v) is 15.0. The topological polar surface area (TPSA) is 21.7 Å². The van der Waals surface area contributed by atoms with Crippen LogP contribution in [0.25, 0.3) is 56.3 Å². The Labute approximate surface area is 523 Å².